The summed E-state index contributed by atoms with van der Waals surface area (Å²) < 4.78 is 33.6. The van der Waals surface area contributed by atoms with Crippen molar-refractivity contribution in [3.05, 3.63) is 69.6 Å². The predicted octanol–water partition coefficient (Wildman–Crippen LogP) is 4.02. The van der Waals surface area contributed by atoms with Crippen molar-refractivity contribution in [2.24, 2.45) is 0 Å². The summed E-state index contributed by atoms with van der Waals surface area (Å²) >= 11 is 4.94. The van der Waals surface area contributed by atoms with Crippen LogP contribution in [0.1, 0.15) is 11.3 Å². The molecule has 0 bridgehead atoms. The first-order valence-electron chi connectivity index (χ1n) is 9.54. The maximum Gasteiger partial charge on any atom is 0.243 e. The van der Waals surface area contributed by atoms with Gasteiger partial charge in [-0.3, -0.25) is 0 Å². The minimum absolute atomic E-state index is 0.318. The number of hydrogen-bond acceptors (Lipinski definition) is 6. The molecule has 2 heterocycles. The van der Waals surface area contributed by atoms with Crippen LogP contribution in [0, 0.1) is 0 Å². The molecule has 0 spiro atoms. The van der Waals surface area contributed by atoms with Gasteiger partial charge in [-0.2, -0.15) is 4.31 Å². The molecule has 6 nitrogen and oxygen atoms in total. The van der Waals surface area contributed by atoms with Gasteiger partial charge in [0.25, 0.3) is 0 Å². The zero-order valence-electron chi connectivity index (χ0n) is 16.5. The monoisotopic (exact) mass is 507 g/mol. The Morgan fingerprint density at radius 1 is 1.10 bits per heavy atom. The number of aromatic nitrogens is 1. The maximum atomic E-state index is 12.9. The lowest BCUT2D eigenvalue weighted by molar-refractivity contribution is 0.384. The fourth-order valence-corrected chi connectivity index (χ4v) is 6.36. The highest BCUT2D eigenvalue weighted by molar-refractivity contribution is 9.10. The third-order valence-corrected chi connectivity index (χ3v) is 8.38. The highest BCUT2D eigenvalue weighted by atomic mass is 79.9. The Morgan fingerprint density at radius 3 is 2.60 bits per heavy atom. The summed E-state index contributed by atoms with van der Waals surface area (Å²) in [6, 6.07) is 14.8. The molecule has 30 heavy (non-hydrogen) atoms. The van der Waals surface area contributed by atoms with E-state index in [1.807, 2.05) is 30.3 Å². The number of sulfonamides is 1. The molecule has 9 heteroatoms. The van der Waals surface area contributed by atoms with Gasteiger partial charge in [0, 0.05) is 48.0 Å². The Bertz CT molecular complexity index is 1130. The van der Waals surface area contributed by atoms with Gasteiger partial charge in [0.15, 0.2) is 5.13 Å². The van der Waals surface area contributed by atoms with E-state index in [1.54, 1.807) is 41.0 Å². The van der Waals surface area contributed by atoms with E-state index in [0.717, 1.165) is 26.6 Å². The first-order chi connectivity index (χ1) is 14.5. The third-order valence-electron chi connectivity index (χ3n) is 5.05. The number of methoxy groups -OCH3 is 1. The highest BCUT2D eigenvalue weighted by Crippen LogP contribution is 2.27. The summed E-state index contributed by atoms with van der Waals surface area (Å²) in [6.45, 7) is 2.12. The Labute approximate surface area is 189 Å². The summed E-state index contributed by atoms with van der Waals surface area (Å²) in [5.74, 6) is 0.860. The number of rotatable bonds is 6. The zero-order chi connectivity index (χ0) is 21.1. The van der Waals surface area contributed by atoms with Crippen molar-refractivity contribution in [1.29, 1.82) is 0 Å². The van der Waals surface area contributed by atoms with Gasteiger partial charge >= 0.3 is 0 Å². The second-order valence-electron chi connectivity index (χ2n) is 6.96. The van der Waals surface area contributed by atoms with Crippen LogP contribution in [-0.2, 0) is 16.4 Å². The van der Waals surface area contributed by atoms with Crippen LogP contribution >= 0.6 is 27.3 Å². The van der Waals surface area contributed by atoms with Gasteiger partial charge in [0.05, 0.1) is 17.7 Å². The quantitative estimate of drug-likeness (QED) is 0.504. The van der Waals surface area contributed by atoms with E-state index in [-0.39, 0.29) is 0 Å². The van der Waals surface area contributed by atoms with Crippen LogP contribution in [-0.4, -0.2) is 51.0 Å². The molecule has 4 rings (SSSR count). The number of piperazine rings is 1. The van der Waals surface area contributed by atoms with E-state index in [0.29, 0.717) is 37.5 Å². The number of anilines is 1. The lowest BCUT2D eigenvalue weighted by atomic mass is 10.1. The van der Waals surface area contributed by atoms with Gasteiger partial charge in [-0.25, -0.2) is 13.4 Å². The predicted molar refractivity (Wildman–Crippen MR) is 123 cm³/mol. The molecule has 1 aliphatic rings. The van der Waals surface area contributed by atoms with Crippen LogP contribution in [0.4, 0.5) is 5.13 Å². The summed E-state index contributed by atoms with van der Waals surface area (Å²) in [6.07, 6.45) is 0.706. The molecule has 158 valence electrons. The van der Waals surface area contributed by atoms with Crippen molar-refractivity contribution in [3.63, 3.8) is 0 Å². The molecule has 1 fully saturated rings. The van der Waals surface area contributed by atoms with Gasteiger partial charge in [0.1, 0.15) is 5.75 Å². The molecular formula is C21H22BrN3O3S2. The van der Waals surface area contributed by atoms with Crippen molar-refractivity contribution < 1.29 is 13.2 Å². The van der Waals surface area contributed by atoms with Gasteiger partial charge in [-0.05, 0) is 24.3 Å². The molecule has 0 aliphatic carbocycles. The zero-order valence-corrected chi connectivity index (χ0v) is 19.7. The van der Waals surface area contributed by atoms with E-state index >= 15 is 0 Å². The van der Waals surface area contributed by atoms with E-state index in [1.165, 1.54) is 0 Å². The van der Waals surface area contributed by atoms with Crippen LogP contribution in [0.25, 0.3) is 0 Å². The summed E-state index contributed by atoms with van der Waals surface area (Å²) in [4.78, 5) is 7.25. The number of thiazole rings is 1. The molecule has 1 aromatic heterocycles. The Morgan fingerprint density at radius 2 is 1.87 bits per heavy atom. The number of para-hydroxylation sites is 1. The molecule has 1 aliphatic heterocycles. The highest BCUT2D eigenvalue weighted by Gasteiger charge is 2.29. The Hall–Kier alpha value is -1.94. The summed E-state index contributed by atoms with van der Waals surface area (Å²) in [7, 11) is -1.81. The van der Waals surface area contributed by atoms with Crippen LogP contribution in [0.5, 0.6) is 5.75 Å². The second kappa shape index (κ2) is 9.05. The molecule has 0 unspecified atom stereocenters. The molecule has 0 saturated carbocycles. The molecule has 0 atom stereocenters. The minimum Gasteiger partial charge on any atom is -0.496 e. The van der Waals surface area contributed by atoms with E-state index in [4.69, 9.17) is 9.72 Å². The van der Waals surface area contributed by atoms with Gasteiger partial charge in [-0.1, -0.05) is 40.2 Å². The Kier molecular flexibility index (Phi) is 6.43. The molecule has 0 amide bonds. The molecule has 0 N–H and O–H groups in total. The van der Waals surface area contributed by atoms with Crippen LogP contribution in [0.2, 0.25) is 0 Å². The fourth-order valence-electron chi connectivity index (χ4n) is 3.46. The summed E-state index contributed by atoms with van der Waals surface area (Å²) in [5, 5.41) is 2.99. The molecular weight excluding hydrogens is 486 g/mol. The first-order valence-corrected chi connectivity index (χ1v) is 12.7. The number of hydrogen-bond donors (Lipinski definition) is 0. The van der Waals surface area contributed by atoms with Crippen molar-refractivity contribution in [1.82, 2.24) is 9.29 Å². The Balaban J connectivity index is 1.41. The average Bonchev–Trinajstić information content (AvgIpc) is 3.23. The van der Waals surface area contributed by atoms with E-state index < -0.39 is 10.0 Å². The molecule has 1 saturated heterocycles. The number of benzene rings is 2. The van der Waals surface area contributed by atoms with Gasteiger partial charge in [-0.15, -0.1) is 11.3 Å². The van der Waals surface area contributed by atoms with Crippen LogP contribution < -0.4 is 9.64 Å². The smallest absolute Gasteiger partial charge is 0.243 e. The van der Waals surface area contributed by atoms with E-state index in [9.17, 15) is 8.42 Å². The lowest BCUT2D eigenvalue weighted by Crippen LogP contribution is -2.48. The normalized spacial score (nSPS) is 15.3. The standard InChI is InChI=1S/C21H22BrN3O3S2/c1-28-20-8-3-2-5-16(20)13-18-15-29-21(23-18)24-9-11-25(12-10-24)30(26,27)19-7-4-6-17(22)14-19/h2-8,14-15H,9-13H2,1H3. The van der Waals surface area contributed by atoms with Crippen LogP contribution in [0.15, 0.2) is 63.3 Å². The summed E-state index contributed by atoms with van der Waals surface area (Å²) in [5.41, 5.74) is 2.09. The number of nitrogens with zero attached hydrogens (tertiary/aromatic N) is 3. The third kappa shape index (κ3) is 4.54. The average molecular weight is 508 g/mol. The fraction of sp³-hybridized carbons (Fsp3) is 0.286. The maximum absolute atomic E-state index is 12.9. The van der Waals surface area contributed by atoms with Crippen molar-refractivity contribution in [2.75, 3.05) is 38.2 Å². The molecule has 0 radical (unpaired) electrons. The first kappa shape index (κ1) is 21.3. The number of halogens is 1. The van der Waals surface area contributed by atoms with Gasteiger partial charge in [0.2, 0.25) is 10.0 Å². The van der Waals surface area contributed by atoms with Crippen molar-refractivity contribution in [2.45, 2.75) is 11.3 Å². The largest absolute Gasteiger partial charge is 0.496 e. The van der Waals surface area contributed by atoms with Crippen molar-refractivity contribution >= 4 is 42.4 Å². The lowest BCUT2D eigenvalue weighted by Gasteiger charge is -2.33. The minimum atomic E-state index is -3.49. The SMILES string of the molecule is COc1ccccc1Cc1csc(N2CCN(S(=O)(=O)c3cccc(Br)c3)CC2)n1. The van der Waals surface area contributed by atoms with Crippen molar-refractivity contribution in [3.8, 4) is 5.75 Å². The van der Waals surface area contributed by atoms with Gasteiger partial charge < -0.3 is 9.64 Å². The second-order valence-corrected chi connectivity index (χ2v) is 10.6. The van der Waals surface area contributed by atoms with E-state index in [2.05, 4.69) is 26.2 Å². The molecule has 3 aromatic rings. The van der Waals surface area contributed by atoms with Crippen LogP contribution in [0.3, 0.4) is 0 Å². The molecule has 2 aromatic carbocycles. The number of ether oxygens (including phenoxy) is 1. The topological polar surface area (TPSA) is 62.7 Å².